The molecule has 0 saturated carbocycles. The molecular weight excluding hydrogens is 288 g/mol. The molecule has 2 amide bonds. The van der Waals surface area contributed by atoms with Crippen LogP contribution in [0.4, 0.5) is 4.79 Å². The van der Waals surface area contributed by atoms with Crippen LogP contribution >= 0.6 is 11.8 Å². The van der Waals surface area contributed by atoms with E-state index in [0.717, 1.165) is 23.3 Å². The first-order valence-electron chi connectivity index (χ1n) is 6.91. The maximum absolute atomic E-state index is 12.4. The predicted octanol–water partition coefficient (Wildman–Crippen LogP) is 2.68. The summed E-state index contributed by atoms with van der Waals surface area (Å²) in [7, 11) is 1.42. The van der Waals surface area contributed by atoms with E-state index in [1.54, 1.807) is 11.8 Å². The highest BCUT2D eigenvalue weighted by Crippen LogP contribution is 2.36. The number of carbonyl (C=O) groups is 2. The number of carbonyl (C=O) groups excluding carboxylic acids is 1. The maximum Gasteiger partial charge on any atom is 0.407 e. The van der Waals surface area contributed by atoms with Crippen molar-refractivity contribution in [3.05, 3.63) is 29.8 Å². The van der Waals surface area contributed by atoms with Crippen molar-refractivity contribution < 1.29 is 14.7 Å². The lowest BCUT2D eigenvalue weighted by Gasteiger charge is -2.27. The molecule has 5 nitrogen and oxygen atoms in total. The van der Waals surface area contributed by atoms with Crippen LogP contribution in [0.2, 0.25) is 0 Å². The number of nitrogens with zero attached hydrogens (tertiary/aromatic N) is 2. The monoisotopic (exact) mass is 308 g/mol. The number of likely N-dealkylation sites (N-methyl/N-ethyl adjacent to an activating group) is 1. The van der Waals surface area contributed by atoms with Crippen molar-refractivity contribution in [1.82, 2.24) is 9.80 Å². The minimum atomic E-state index is -1.08. The van der Waals surface area contributed by atoms with Gasteiger partial charge in [-0.3, -0.25) is 4.79 Å². The number of carboxylic acid groups (broad SMARTS) is 1. The van der Waals surface area contributed by atoms with Crippen LogP contribution in [-0.4, -0.2) is 53.3 Å². The van der Waals surface area contributed by atoms with Gasteiger partial charge in [0.05, 0.1) is 6.04 Å². The average Bonchev–Trinajstić information content (AvgIpc) is 2.96. The van der Waals surface area contributed by atoms with Gasteiger partial charge in [-0.15, -0.1) is 11.8 Å². The number of thioether (sulfide) groups is 1. The Hall–Kier alpha value is -1.69. The highest BCUT2D eigenvalue weighted by atomic mass is 32.2. The Morgan fingerprint density at radius 3 is 2.81 bits per heavy atom. The largest absolute Gasteiger partial charge is 0.465 e. The molecule has 1 aromatic rings. The van der Waals surface area contributed by atoms with Gasteiger partial charge in [0.1, 0.15) is 6.54 Å². The summed E-state index contributed by atoms with van der Waals surface area (Å²) >= 11 is 1.67. The quantitative estimate of drug-likeness (QED) is 0.869. The Labute approximate surface area is 128 Å². The first-order chi connectivity index (χ1) is 10.0. The number of rotatable bonds is 4. The Morgan fingerprint density at radius 2 is 2.14 bits per heavy atom. The van der Waals surface area contributed by atoms with Crippen molar-refractivity contribution in [1.29, 1.82) is 0 Å². The lowest BCUT2D eigenvalue weighted by Crippen LogP contribution is -2.40. The second-order valence-corrected chi connectivity index (χ2v) is 5.97. The molecule has 1 saturated heterocycles. The fourth-order valence-corrected chi connectivity index (χ4v) is 3.35. The molecule has 1 fully saturated rings. The first-order valence-corrected chi connectivity index (χ1v) is 8.13. The van der Waals surface area contributed by atoms with E-state index in [-0.39, 0.29) is 18.5 Å². The summed E-state index contributed by atoms with van der Waals surface area (Å²) in [5.74, 6) is -0.127. The number of benzene rings is 1. The van der Waals surface area contributed by atoms with Crippen LogP contribution in [-0.2, 0) is 4.79 Å². The van der Waals surface area contributed by atoms with Crippen LogP contribution in [0, 0.1) is 0 Å². The summed E-state index contributed by atoms with van der Waals surface area (Å²) in [6, 6.07) is 8.16. The zero-order chi connectivity index (χ0) is 15.4. The van der Waals surface area contributed by atoms with Crippen LogP contribution in [0.1, 0.15) is 24.4 Å². The lowest BCUT2D eigenvalue weighted by molar-refractivity contribution is -0.132. The molecular formula is C15H20N2O3S. The van der Waals surface area contributed by atoms with Crippen molar-refractivity contribution in [2.45, 2.75) is 23.8 Å². The number of amides is 2. The molecule has 6 heteroatoms. The highest BCUT2D eigenvalue weighted by molar-refractivity contribution is 7.98. The number of hydrogen-bond donors (Lipinski definition) is 1. The summed E-state index contributed by atoms with van der Waals surface area (Å²) in [4.78, 5) is 27.2. The van der Waals surface area contributed by atoms with Crippen LogP contribution in [0.3, 0.4) is 0 Å². The van der Waals surface area contributed by atoms with Crippen molar-refractivity contribution in [2.24, 2.45) is 0 Å². The fourth-order valence-electron chi connectivity index (χ4n) is 2.69. The molecule has 1 N–H and O–H groups in total. The molecule has 1 aliphatic heterocycles. The minimum absolute atomic E-state index is 0.0587. The molecule has 0 aromatic heterocycles. The van der Waals surface area contributed by atoms with E-state index in [1.165, 1.54) is 11.9 Å². The Morgan fingerprint density at radius 1 is 1.43 bits per heavy atom. The SMILES string of the molecule is CSc1ccccc1[C@H]1CCCN1C(=O)CN(C)C(=O)O. The van der Waals surface area contributed by atoms with E-state index in [0.29, 0.717) is 6.54 Å². The third kappa shape index (κ3) is 3.50. The summed E-state index contributed by atoms with van der Waals surface area (Å²) in [5, 5.41) is 8.89. The van der Waals surface area contributed by atoms with Crippen molar-refractivity contribution in [3.8, 4) is 0 Å². The maximum atomic E-state index is 12.4. The van der Waals surface area contributed by atoms with Gasteiger partial charge in [-0.05, 0) is 30.7 Å². The van der Waals surface area contributed by atoms with Gasteiger partial charge in [0.2, 0.25) is 5.91 Å². The zero-order valence-electron chi connectivity index (χ0n) is 12.3. The van der Waals surface area contributed by atoms with Crippen LogP contribution < -0.4 is 0 Å². The topological polar surface area (TPSA) is 60.9 Å². The molecule has 0 spiro atoms. The molecule has 1 aliphatic rings. The molecule has 21 heavy (non-hydrogen) atoms. The third-order valence-electron chi connectivity index (χ3n) is 3.77. The molecule has 0 radical (unpaired) electrons. The standard InChI is InChI=1S/C15H20N2O3S/c1-16(15(19)20)10-14(18)17-9-5-7-12(17)11-6-3-4-8-13(11)21-2/h3-4,6,8,12H,5,7,9-10H2,1-2H3,(H,19,20)/t12-/m1/s1. The van der Waals surface area contributed by atoms with Gasteiger partial charge in [-0.25, -0.2) is 4.79 Å². The fraction of sp³-hybridized carbons (Fsp3) is 0.467. The average molecular weight is 308 g/mol. The van der Waals surface area contributed by atoms with Gasteiger partial charge in [0.15, 0.2) is 0 Å². The molecule has 1 atom stereocenters. The molecule has 0 aliphatic carbocycles. The first kappa shape index (κ1) is 15.7. The lowest BCUT2D eigenvalue weighted by atomic mass is 10.0. The predicted molar refractivity (Wildman–Crippen MR) is 82.6 cm³/mol. The minimum Gasteiger partial charge on any atom is -0.465 e. The normalized spacial score (nSPS) is 17.8. The molecule has 2 rings (SSSR count). The van der Waals surface area contributed by atoms with Crippen LogP contribution in [0.15, 0.2) is 29.2 Å². The molecule has 1 heterocycles. The molecule has 0 bridgehead atoms. The van der Waals surface area contributed by atoms with E-state index in [1.807, 2.05) is 23.3 Å². The molecule has 1 aromatic carbocycles. The van der Waals surface area contributed by atoms with Crippen molar-refractivity contribution in [2.75, 3.05) is 26.4 Å². The summed E-state index contributed by atoms with van der Waals surface area (Å²) in [5.41, 5.74) is 1.16. The van der Waals surface area contributed by atoms with Gasteiger partial charge >= 0.3 is 6.09 Å². The second kappa shape index (κ2) is 6.85. The van der Waals surface area contributed by atoms with Crippen LogP contribution in [0.25, 0.3) is 0 Å². The molecule has 0 unspecified atom stereocenters. The van der Waals surface area contributed by atoms with E-state index in [9.17, 15) is 9.59 Å². The van der Waals surface area contributed by atoms with Gasteiger partial charge < -0.3 is 14.9 Å². The third-order valence-corrected chi connectivity index (χ3v) is 4.58. The second-order valence-electron chi connectivity index (χ2n) is 5.13. The van der Waals surface area contributed by atoms with Gasteiger partial charge in [-0.1, -0.05) is 18.2 Å². The van der Waals surface area contributed by atoms with Gasteiger partial charge in [0.25, 0.3) is 0 Å². The van der Waals surface area contributed by atoms with E-state index in [4.69, 9.17) is 5.11 Å². The Kier molecular flexibility index (Phi) is 5.12. The van der Waals surface area contributed by atoms with Crippen molar-refractivity contribution in [3.63, 3.8) is 0 Å². The molecule has 114 valence electrons. The van der Waals surface area contributed by atoms with E-state index in [2.05, 4.69) is 12.1 Å². The van der Waals surface area contributed by atoms with Crippen LogP contribution in [0.5, 0.6) is 0 Å². The summed E-state index contributed by atoms with van der Waals surface area (Å²) in [6.07, 6.45) is 2.83. The zero-order valence-corrected chi connectivity index (χ0v) is 13.1. The number of likely N-dealkylation sites (tertiary alicyclic amines) is 1. The van der Waals surface area contributed by atoms with E-state index >= 15 is 0 Å². The Bertz CT molecular complexity index is 535. The summed E-state index contributed by atoms with van der Waals surface area (Å²) in [6.45, 7) is 0.604. The van der Waals surface area contributed by atoms with Gasteiger partial charge in [-0.2, -0.15) is 0 Å². The highest BCUT2D eigenvalue weighted by Gasteiger charge is 2.31. The Balaban J connectivity index is 2.16. The van der Waals surface area contributed by atoms with E-state index < -0.39 is 6.09 Å². The summed E-state index contributed by atoms with van der Waals surface area (Å²) < 4.78 is 0. The smallest absolute Gasteiger partial charge is 0.407 e. The van der Waals surface area contributed by atoms with Crippen molar-refractivity contribution >= 4 is 23.8 Å². The number of hydrogen-bond acceptors (Lipinski definition) is 3. The van der Waals surface area contributed by atoms with Gasteiger partial charge in [0, 0.05) is 18.5 Å².